The van der Waals surface area contributed by atoms with Crippen molar-refractivity contribution in [2.45, 2.75) is 6.92 Å². The van der Waals surface area contributed by atoms with Crippen LogP contribution in [0, 0.1) is 0 Å². The topological polar surface area (TPSA) is 127 Å². The maximum atomic E-state index is 12.3. The molecule has 0 aliphatic carbocycles. The lowest BCUT2D eigenvalue weighted by molar-refractivity contribution is -0.136. The molecule has 0 aliphatic heterocycles. The standard InChI is InChI=1S/C26H26N4O6/c1-3-35-23-14-7-5-12-21(23)29-25(32)26(33)30-27-16-18-9-4-6-13-22(18)36-17-24(31)28-19-10-8-11-20(15-19)34-2/h4-16H,3,17H2,1-2H3,(H,28,31)(H,29,32)(H,30,33)/b27-16-. The second-order valence-corrected chi connectivity index (χ2v) is 7.19. The summed E-state index contributed by atoms with van der Waals surface area (Å²) >= 11 is 0. The Morgan fingerprint density at radius 3 is 2.39 bits per heavy atom. The van der Waals surface area contributed by atoms with Gasteiger partial charge in [-0.05, 0) is 43.3 Å². The molecule has 36 heavy (non-hydrogen) atoms. The average Bonchev–Trinajstić information content (AvgIpc) is 2.89. The van der Waals surface area contributed by atoms with E-state index < -0.39 is 11.8 Å². The van der Waals surface area contributed by atoms with Gasteiger partial charge in [-0.15, -0.1) is 0 Å². The fourth-order valence-electron chi connectivity index (χ4n) is 3.00. The highest BCUT2D eigenvalue weighted by Gasteiger charge is 2.15. The Morgan fingerprint density at radius 1 is 0.861 bits per heavy atom. The van der Waals surface area contributed by atoms with Gasteiger partial charge in [-0.25, -0.2) is 5.43 Å². The summed E-state index contributed by atoms with van der Waals surface area (Å²) < 4.78 is 16.2. The second kappa shape index (κ2) is 13.1. The summed E-state index contributed by atoms with van der Waals surface area (Å²) in [6, 6.07) is 20.5. The minimum Gasteiger partial charge on any atom is -0.497 e. The van der Waals surface area contributed by atoms with Gasteiger partial charge in [0.25, 0.3) is 5.91 Å². The Labute approximate surface area is 208 Å². The highest BCUT2D eigenvalue weighted by Crippen LogP contribution is 2.23. The number of amides is 3. The molecule has 3 amide bonds. The van der Waals surface area contributed by atoms with Crippen molar-refractivity contribution in [1.82, 2.24) is 5.43 Å². The number of hydrogen-bond donors (Lipinski definition) is 3. The third-order valence-corrected chi connectivity index (χ3v) is 4.64. The first kappa shape index (κ1) is 25.8. The van der Waals surface area contributed by atoms with E-state index >= 15 is 0 Å². The van der Waals surface area contributed by atoms with Crippen molar-refractivity contribution in [1.29, 1.82) is 0 Å². The molecule has 10 heteroatoms. The molecule has 0 aromatic heterocycles. The van der Waals surface area contributed by atoms with E-state index in [9.17, 15) is 14.4 Å². The number of para-hydroxylation sites is 3. The molecule has 3 N–H and O–H groups in total. The fraction of sp³-hybridized carbons (Fsp3) is 0.154. The lowest BCUT2D eigenvalue weighted by Gasteiger charge is -2.11. The zero-order valence-electron chi connectivity index (χ0n) is 19.8. The lowest BCUT2D eigenvalue weighted by Crippen LogP contribution is -2.32. The maximum absolute atomic E-state index is 12.3. The van der Waals surface area contributed by atoms with Crippen LogP contribution < -0.4 is 30.3 Å². The molecule has 10 nitrogen and oxygen atoms in total. The van der Waals surface area contributed by atoms with E-state index in [2.05, 4.69) is 21.2 Å². The van der Waals surface area contributed by atoms with Crippen LogP contribution in [0.25, 0.3) is 0 Å². The molecular weight excluding hydrogens is 464 g/mol. The Hall–Kier alpha value is -4.86. The molecule has 0 saturated heterocycles. The number of rotatable bonds is 10. The zero-order valence-corrected chi connectivity index (χ0v) is 19.8. The van der Waals surface area contributed by atoms with E-state index in [1.54, 1.807) is 79.9 Å². The van der Waals surface area contributed by atoms with Crippen molar-refractivity contribution in [2.24, 2.45) is 5.10 Å². The molecule has 0 unspecified atom stereocenters. The second-order valence-electron chi connectivity index (χ2n) is 7.19. The quantitative estimate of drug-likeness (QED) is 0.228. The van der Waals surface area contributed by atoms with Gasteiger partial charge in [0.2, 0.25) is 0 Å². The van der Waals surface area contributed by atoms with Gasteiger partial charge < -0.3 is 24.8 Å². The van der Waals surface area contributed by atoms with Crippen LogP contribution >= 0.6 is 0 Å². The van der Waals surface area contributed by atoms with Crippen molar-refractivity contribution in [3.05, 3.63) is 78.4 Å². The van der Waals surface area contributed by atoms with Crippen LogP contribution in [0.1, 0.15) is 12.5 Å². The molecule has 0 fully saturated rings. The summed E-state index contributed by atoms with van der Waals surface area (Å²) in [6.45, 7) is 1.97. The summed E-state index contributed by atoms with van der Waals surface area (Å²) in [5.41, 5.74) is 3.61. The minimum atomic E-state index is -0.964. The normalized spacial score (nSPS) is 10.4. The van der Waals surface area contributed by atoms with Crippen molar-refractivity contribution in [3.8, 4) is 17.2 Å². The molecule has 0 saturated carbocycles. The predicted octanol–water partition coefficient (Wildman–Crippen LogP) is 3.20. The number of nitrogens with zero attached hydrogens (tertiary/aromatic N) is 1. The third kappa shape index (κ3) is 7.59. The van der Waals surface area contributed by atoms with Gasteiger partial charge >= 0.3 is 11.8 Å². The van der Waals surface area contributed by atoms with Crippen LogP contribution in [-0.2, 0) is 14.4 Å². The summed E-state index contributed by atoms with van der Waals surface area (Å²) in [5.74, 6) is -0.805. The van der Waals surface area contributed by atoms with E-state index in [4.69, 9.17) is 14.2 Å². The van der Waals surface area contributed by atoms with Crippen LogP contribution in [-0.4, -0.2) is 44.3 Å². The van der Waals surface area contributed by atoms with Gasteiger partial charge in [0.15, 0.2) is 6.61 Å². The van der Waals surface area contributed by atoms with Crippen molar-refractivity contribution in [3.63, 3.8) is 0 Å². The number of hydrogen-bond acceptors (Lipinski definition) is 7. The van der Waals surface area contributed by atoms with Crippen molar-refractivity contribution in [2.75, 3.05) is 31.0 Å². The fourth-order valence-corrected chi connectivity index (χ4v) is 3.00. The van der Waals surface area contributed by atoms with Gasteiger partial charge in [-0.1, -0.05) is 30.3 Å². The van der Waals surface area contributed by atoms with Crippen LogP contribution in [0.5, 0.6) is 17.2 Å². The van der Waals surface area contributed by atoms with Crippen LogP contribution in [0.2, 0.25) is 0 Å². The number of benzene rings is 3. The Balaban J connectivity index is 1.54. The monoisotopic (exact) mass is 490 g/mol. The molecule has 0 aliphatic rings. The highest BCUT2D eigenvalue weighted by atomic mass is 16.5. The molecular formula is C26H26N4O6. The van der Waals surface area contributed by atoms with Crippen LogP contribution in [0.15, 0.2) is 77.9 Å². The first-order chi connectivity index (χ1) is 17.5. The van der Waals surface area contributed by atoms with Gasteiger partial charge in [0, 0.05) is 17.3 Å². The number of nitrogens with one attached hydrogen (secondary N) is 3. The molecule has 0 atom stereocenters. The SMILES string of the molecule is CCOc1ccccc1NC(=O)C(=O)N/N=C\c1ccccc1OCC(=O)Nc1cccc(OC)c1. The average molecular weight is 491 g/mol. The summed E-state index contributed by atoms with van der Waals surface area (Å²) in [4.78, 5) is 36.6. The molecule has 3 aromatic rings. The largest absolute Gasteiger partial charge is 0.497 e. The first-order valence-electron chi connectivity index (χ1n) is 11.0. The Kier molecular flexibility index (Phi) is 9.40. The number of hydrazone groups is 1. The molecule has 0 spiro atoms. The first-order valence-corrected chi connectivity index (χ1v) is 11.0. The van der Waals surface area contributed by atoms with Gasteiger partial charge in [-0.2, -0.15) is 5.10 Å². The van der Waals surface area contributed by atoms with Gasteiger partial charge in [0.1, 0.15) is 17.2 Å². The minimum absolute atomic E-state index is 0.254. The van der Waals surface area contributed by atoms with Crippen molar-refractivity contribution >= 4 is 35.3 Å². The zero-order chi connectivity index (χ0) is 25.8. The smallest absolute Gasteiger partial charge is 0.329 e. The van der Waals surface area contributed by atoms with Crippen LogP contribution in [0.4, 0.5) is 11.4 Å². The molecule has 0 radical (unpaired) electrons. The molecule has 0 heterocycles. The number of ether oxygens (including phenoxy) is 3. The number of carbonyl (C=O) groups is 3. The van der Waals surface area contributed by atoms with E-state index in [1.165, 1.54) is 6.21 Å². The van der Waals surface area contributed by atoms with Crippen molar-refractivity contribution < 1.29 is 28.6 Å². The number of anilines is 2. The van der Waals surface area contributed by atoms with Crippen LogP contribution in [0.3, 0.4) is 0 Å². The predicted molar refractivity (Wildman–Crippen MR) is 136 cm³/mol. The Morgan fingerprint density at radius 2 is 1.61 bits per heavy atom. The Bertz CT molecular complexity index is 1240. The maximum Gasteiger partial charge on any atom is 0.329 e. The van der Waals surface area contributed by atoms with E-state index in [1.807, 2.05) is 6.92 Å². The third-order valence-electron chi connectivity index (χ3n) is 4.64. The lowest BCUT2D eigenvalue weighted by atomic mass is 10.2. The van der Waals surface area contributed by atoms with Gasteiger partial charge in [0.05, 0.1) is 25.6 Å². The van der Waals surface area contributed by atoms with E-state index in [0.29, 0.717) is 40.8 Å². The van der Waals surface area contributed by atoms with E-state index in [-0.39, 0.29) is 12.5 Å². The molecule has 0 bridgehead atoms. The summed E-state index contributed by atoms with van der Waals surface area (Å²) in [5, 5.41) is 9.04. The number of methoxy groups -OCH3 is 1. The summed E-state index contributed by atoms with van der Waals surface area (Å²) in [7, 11) is 1.54. The number of carbonyl (C=O) groups excluding carboxylic acids is 3. The van der Waals surface area contributed by atoms with Gasteiger partial charge in [-0.3, -0.25) is 14.4 Å². The van der Waals surface area contributed by atoms with E-state index in [0.717, 1.165) is 0 Å². The molecule has 3 aromatic carbocycles. The molecule has 186 valence electrons. The highest BCUT2D eigenvalue weighted by molar-refractivity contribution is 6.39. The molecule has 3 rings (SSSR count). The summed E-state index contributed by atoms with van der Waals surface area (Å²) in [6.07, 6.45) is 1.31.